The molecule has 5 nitrogen and oxygen atoms in total. The summed E-state index contributed by atoms with van der Waals surface area (Å²) in [6, 6.07) is 17.3. The highest BCUT2D eigenvalue weighted by atomic mass is 19.1. The van der Waals surface area contributed by atoms with E-state index in [1.165, 1.54) is 11.6 Å². The van der Waals surface area contributed by atoms with Crippen LogP contribution in [0.5, 0.6) is 0 Å². The zero-order chi connectivity index (χ0) is 20.5. The maximum absolute atomic E-state index is 14.1. The van der Waals surface area contributed by atoms with E-state index in [0.717, 1.165) is 39.0 Å². The van der Waals surface area contributed by atoms with Crippen LogP contribution >= 0.6 is 0 Å². The van der Waals surface area contributed by atoms with Crippen LogP contribution in [0.15, 0.2) is 53.5 Å². The molecule has 1 fully saturated rings. The molecule has 0 saturated carbocycles. The summed E-state index contributed by atoms with van der Waals surface area (Å²) in [5, 5.41) is 15.6. The van der Waals surface area contributed by atoms with E-state index >= 15 is 0 Å². The van der Waals surface area contributed by atoms with E-state index in [1.807, 2.05) is 19.1 Å². The van der Waals surface area contributed by atoms with Crippen LogP contribution < -0.4 is 10.6 Å². The fraction of sp³-hybridized carbons (Fsp3) is 0.391. The molecule has 0 aliphatic carbocycles. The average molecular weight is 394 g/mol. The van der Waals surface area contributed by atoms with Gasteiger partial charge in [-0.3, -0.25) is 4.90 Å². The second-order valence-electron chi connectivity index (χ2n) is 7.32. The standard InChI is InChI=1S/C23H28FN5/c1-2-26-23(27-15-20-11-10-19(14-25)13-22(20)24)28-21-9-6-12-29(17-21)16-18-7-4-3-5-8-18/h3-5,7-8,10-11,13,21H,2,6,9,12,15-17H2,1H3,(H2,26,27,28). The molecule has 6 heteroatoms. The molecule has 1 unspecified atom stereocenters. The second-order valence-corrected chi connectivity index (χ2v) is 7.32. The zero-order valence-corrected chi connectivity index (χ0v) is 16.9. The van der Waals surface area contributed by atoms with Crippen LogP contribution in [0, 0.1) is 17.1 Å². The quantitative estimate of drug-likeness (QED) is 0.583. The van der Waals surface area contributed by atoms with Gasteiger partial charge in [-0.2, -0.15) is 5.26 Å². The Hall–Kier alpha value is -2.91. The SMILES string of the molecule is CCNC(=NCc1ccc(C#N)cc1F)NC1CCCN(Cc2ccccc2)C1. The molecule has 0 bridgehead atoms. The number of nitrogens with zero attached hydrogens (tertiary/aromatic N) is 3. The predicted octanol–water partition coefficient (Wildman–Crippen LogP) is 3.42. The normalized spacial score (nSPS) is 17.6. The van der Waals surface area contributed by atoms with Gasteiger partial charge in [0.15, 0.2) is 5.96 Å². The van der Waals surface area contributed by atoms with Gasteiger partial charge < -0.3 is 10.6 Å². The van der Waals surface area contributed by atoms with Gasteiger partial charge in [0, 0.05) is 31.2 Å². The highest BCUT2D eigenvalue weighted by molar-refractivity contribution is 5.80. The van der Waals surface area contributed by atoms with E-state index in [9.17, 15) is 4.39 Å². The summed E-state index contributed by atoms with van der Waals surface area (Å²) in [6.07, 6.45) is 2.22. The minimum atomic E-state index is -0.393. The minimum absolute atomic E-state index is 0.229. The molecule has 2 aromatic carbocycles. The Balaban J connectivity index is 1.60. The molecular formula is C23H28FN5. The third kappa shape index (κ3) is 6.30. The lowest BCUT2D eigenvalue weighted by molar-refractivity contribution is 0.192. The molecule has 0 aromatic heterocycles. The van der Waals surface area contributed by atoms with Crippen LogP contribution in [0.25, 0.3) is 0 Å². The number of nitriles is 1. The maximum Gasteiger partial charge on any atom is 0.191 e. The van der Waals surface area contributed by atoms with Crippen molar-refractivity contribution in [3.8, 4) is 6.07 Å². The Morgan fingerprint density at radius 1 is 1.28 bits per heavy atom. The average Bonchev–Trinajstić information content (AvgIpc) is 2.74. The van der Waals surface area contributed by atoms with Gasteiger partial charge in [0.2, 0.25) is 0 Å². The number of guanidine groups is 1. The summed E-state index contributed by atoms with van der Waals surface area (Å²) in [4.78, 5) is 7.01. The van der Waals surface area contributed by atoms with E-state index in [-0.39, 0.29) is 6.54 Å². The molecule has 1 heterocycles. The van der Waals surface area contributed by atoms with Crippen LogP contribution in [0.2, 0.25) is 0 Å². The number of benzene rings is 2. The molecule has 0 spiro atoms. The molecule has 2 N–H and O–H groups in total. The fourth-order valence-electron chi connectivity index (χ4n) is 3.58. The Kier molecular flexibility index (Phi) is 7.60. The molecular weight excluding hydrogens is 365 g/mol. The van der Waals surface area contributed by atoms with Gasteiger partial charge in [0.05, 0.1) is 18.2 Å². The monoisotopic (exact) mass is 393 g/mol. The van der Waals surface area contributed by atoms with Crippen molar-refractivity contribution < 1.29 is 4.39 Å². The predicted molar refractivity (Wildman–Crippen MR) is 114 cm³/mol. The molecule has 29 heavy (non-hydrogen) atoms. The van der Waals surface area contributed by atoms with Gasteiger partial charge in [-0.15, -0.1) is 0 Å². The summed E-state index contributed by atoms with van der Waals surface area (Å²) in [5.41, 5.74) is 2.13. The zero-order valence-electron chi connectivity index (χ0n) is 16.9. The fourth-order valence-corrected chi connectivity index (χ4v) is 3.58. The van der Waals surface area contributed by atoms with E-state index in [1.54, 1.807) is 12.1 Å². The molecule has 152 valence electrons. The van der Waals surface area contributed by atoms with Gasteiger partial charge in [0.1, 0.15) is 5.82 Å². The van der Waals surface area contributed by atoms with Crippen molar-refractivity contribution in [1.29, 1.82) is 5.26 Å². The van der Waals surface area contributed by atoms with Crippen molar-refractivity contribution >= 4 is 5.96 Å². The number of aliphatic imine (C=N–C) groups is 1. The smallest absolute Gasteiger partial charge is 0.191 e. The van der Waals surface area contributed by atoms with Gasteiger partial charge in [-0.05, 0) is 44.0 Å². The third-order valence-corrected chi connectivity index (χ3v) is 5.03. The second kappa shape index (κ2) is 10.6. The number of likely N-dealkylation sites (tertiary alicyclic amines) is 1. The highest BCUT2D eigenvalue weighted by Gasteiger charge is 2.20. The van der Waals surface area contributed by atoms with Crippen molar-refractivity contribution in [1.82, 2.24) is 15.5 Å². The number of piperidine rings is 1. The van der Waals surface area contributed by atoms with E-state index in [2.05, 4.69) is 44.8 Å². The van der Waals surface area contributed by atoms with Crippen molar-refractivity contribution in [2.24, 2.45) is 4.99 Å². The lowest BCUT2D eigenvalue weighted by Crippen LogP contribution is -2.51. The molecule has 1 aliphatic rings. The van der Waals surface area contributed by atoms with Crippen molar-refractivity contribution in [3.05, 3.63) is 71.0 Å². The molecule has 3 rings (SSSR count). The molecule has 0 radical (unpaired) electrons. The van der Waals surface area contributed by atoms with Crippen LogP contribution in [0.3, 0.4) is 0 Å². The number of hydrogen-bond donors (Lipinski definition) is 2. The number of hydrogen-bond acceptors (Lipinski definition) is 3. The first-order chi connectivity index (χ1) is 14.2. The highest BCUT2D eigenvalue weighted by Crippen LogP contribution is 2.14. The maximum atomic E-state index is 14.1. The van der Waals surface area contributed by atoms with E-state index in [4.69, 9.17) is 5.26 Å². The Morgan fingerprint density at radius 3 is 2.83 bits per heavy atom. The Labute approximate surface area is 172 Å². The van der Waals surface area contributed by atoms with Crippen LogP contribution in [0.1, 0.15) is 36.5 Å². The van der Waals surface area contributed by atoms with Crippen LogP contribution in [-0.4, -0.2) is 36.5 Å². The summed E-state index contributed by atoms with van der Waals surface area (Å²) >= 11 is 0. The van der Waals surface area contributed by atoms with Crippen LogP contribution in [-0.2, 0) is 13.1 Å². The van der Waals surface area contributed by atoms with Gasteiger partial charge in [0.25, 0.3) is 0 Å². The van der Waals surface area contributed by atoms with E-state index < -0.39 is 5.82 Å². The number of nitrogens with one attached hydrogen (secondary N) is 2. The van der Waals surface area contributed by atoms with E-state index in [0.29, 0.717) is 23.1 Å². The van der Waals surface area contributed by atoms with Gasteiger partial charge >= 0.3 is 0 Å². The lowest BCUT2D eigenvalue weighted by atomic mass is 10.0. The first-order valence-electron chi connectivity index (χ1n) is 10.2. The van der Waals surface area contributed by atoms with Crippen molar-refractivity contribution in [2.75, 3.05) is 19.6 Å². The van der Waals surface area contributed by atoms with Gasteiger partial charge in [-0.25, -0.2) is 9.38 Å². The Bertz CT molecular complexity index is 859. The first-order valence-corrected chi connectivity index (χ1v) is 10.2. The van der Waals surface area contributed by atoms with Crippen molar-refractivity contribution in [3.63, 3.8) is 0 Å². The Morgan fingerprint density at radius 2 is 2.10 bits per heavy atom. The molecule has 1 saturated heterocycles. The number of rotatable bonds is 6. The van der Waals surface area contributed by atoms with Crippen molar-refractivity contribution in [2.45, 2.75) is 38.9 Å². The summed E-state index contributed by atoms with van der Waals surface area (Å²) in [7, 11) is 0. The molecule has 1 atom stereocenters. The topological polar surface area (TPSA) is 63.5 Å². The molecule has 2 aromatic rings. The summed E-state index contributed by atoms with van der Waals surface area (Å²) in [5.74, 6) is 0.304. The molecule has 1 aliphatic heterocycles. The largest absolute Gasteiger partial charge is 0.357 e. The minimum Gasteiger partial charge on any atom is -0.357 e. The third-order valence-electron chi connectivity index (χ3n) is 5.03. The first kappa shape index (κ1) is 20.8. The summed E-state index contributed by atoms with van der Waals surface area (Å²) < 4.78 is 14.1. The molecule has 0 amide bonds. The van der Waals surface area contributed by atoms with Crippen LogP contribution in [0.4, 0.5) is 4.39 Å². The number of halogens is 1. The summed E-state index contributed by atoms with van der Waals surface area (Å²) in [6.45, 7) is 5.97. The van der Waals surface area contributed by atoms with Gasteiger partial charge in [-0.1, -0.05) is 36.4 Å². The lowest BCUT2D eigenvalue weighted by Gasteiger charge is -2.34.